The maximum atomic E-state index is 4.20. The summed E-state index contributed by atoms with van der Waals surface area (Å²) in [6.07, 6.45) is 2.79. The number of hydrogen-bond acceptors (Lipinski definition) is 3. The van der Waals surface area contributed by atoms with E-state index < -0.39 is 0 Å². The van der Waals surface area contributed by atoms with Gasteiger partial charge >= 0.3 is 0 Å². The van der Waals surface area contributed by atoms with Crippen molar-refractivity contribution in [3.63, 3.8) is 0 Å². The zero-order chi connectivity index (χ0) is 11.0. The lowest BCUT2D eigenvalue weighted by Crippen LogP contribution is -2.13. The van der Waals surface area contributed by atoms with Crippen molar-refractivity contribution in [3.05, 3.63) is 42.0 Å². The van der Waals surface area contributed by atoms with Crippen LogP contribution in [0.4, 0.5) is 5.69 Å². The summed E-state index contributed by atoms with van der Waals surface area (Å²) in [5.74, 6) is 1.03. The van der Waals surface area contributed by atoms with E-state index in [0.29, 0.717) is 0 Å². The van der Waals surface area contributed by atoms with Gasteiger partial charge in [-0.1, -0.05) is 18.2 Å². The van der Waals surface area contributed by atoms with E-state index >= 15 is 0 Å². The Kier molecular flexibility index (Phi) is 2.13. The van der Waals surface area contributed by atoms with Gasteiger partial charge in [0.15, 0.2) is 5.82 Å². The van der Waals surface area contributed by atoms with Gasteiger partial charge in [0.05, 0.1) is 6.04 Å². The van der Waals surface area contributed by atoms with Crippen molar-refractivity contribution in [1.29, 1.82) is 0 Å². The molecule has 0 unspecified atom stereocenters. The number of rotatable bonds is 2. The van der Waals surface area contributed by atoms with E-state index in [1.165, 1.54) is 11.3 Å². The van der Waals surface area contributed by atoms with E-state index in [-0.39, 0.29) is 6.04 Å². The Labute approximate surface area is 94.3 Å². The third kappa shape index (κ3) is 1.38. The molecule has 0 fully saturated rings. The molecule has 2 aromatic rings. The molecule has 4 nitrogen and oxygen atoms in total. The first kappa shape index (κ1) is 9.39. The van der Waals surface area contributed by atoms with Crippen LogP contribution in [0.15, 0.2) is 30.6 Å². The van der Waals surface area contributed by atoms with Crippen molar-refractivity contribution in [2.75, 3.05) is 5.32 Å². The fourth-order valence-corrected chi connectivity index (χ4v) is 2.23. The largest absolute Gasteiger partial charge is 0.375 e. The first-order chi connectivity index (χ1) is 7.88. The molecule has 0 saturated carbocycles. The molecule has 1 aliphatic rings. The quantitative estimate of drug-likeness (QED) is 0.831. The standard InChI is InChI=1S/C12H14N4/c1-2-16-8-13-15-12(16)11-7-9-5-3-4-6-10(9)14-11/h3-6,8,11,14H,2,7H2,1H3/t11-/m0/s1. The molecule has 1 aliphatic heterocycles. The molecule has 2 heterocycles. The fourth-order valence-electron chi connectivity index (χ4n) is 2.23. The van der Waals surface area contributed by atoms with Crippen molar-refractivity contribution in [2.45, 2.75) is 25.9 Å². The summed E-state index contributed by atoms with van der Waals surface area (Å²) < 4.78 is 2.09. The first-order valence-corrected chi connectivity index (χ1v) is 5.60. The normalized spacial score (nSPS) is 18.2. The summed E-state index contributed by atoms with van der Waals surface area (Å²) in [5, 5.41) is 11.7. The van der Waals surface area contributed by atoms with Gasteiger partial charge in [-0.15, -0.1) is 10.2 Å². The minimum Gasteiger partial charge on any atom is -0.375 e. The molecule has 0 aliphatic carbocycles. The van der Waals surface area contributed by atoms with Gasteiger partial charge in [0.25, 0.3) is 0 Å². The van der Waals surface area contributed by atoms with Crippen molar-refractivity contribution in [1.82, 2.24) is 14.8 Å². The number of benzene rings is 1. The highest BCUT2D eigenvalue weighted by molar-refractivity contribution is 5.57. The van der Waals surface area contributed by atoms with Gasteiger partial charge < -0.3 is 9.88 Å². The van der Waals surface area contributed by atoms with Crippen LogP contribution < -0.4 is 5.32 Å². The Morgan fingerprint density at radius 1 is 1.44 bits per heavy atom. The van der Waals surface area contributed by atoms with Crippen LogP contribution >= 0.6 is 0 Å². The zero-order valence-electron chi connectivity index (χ0n) is 9.22. The molecule has 0 bridgehead atoms. The van der Waals surface area contributed by atoms with Crippen LogP contribution in [0, 0.1) is 0 Å². The maximum absolute atomic E-state index is 4.20. The number of nitrogens with zero attached hydrogens (tertiary/aromatic N) is 3. The van der Waals surface area contributed by atoms with Crippen LogP contribution in [0.3, 0.4) is 0 Å². The van der Waals surface area contributed by atoms with Gasteiger partial charge in [-0.3, -0.25) is 0 Å². The van der Waals surface area contributed by atoms with E-state index in [1.54, 1.807) is 6.33 Å². The second-order valence-corrected chi connectivity index (χ2v) is 4.03. The molecule has 1 aromatic carbocycles. The molecule has 0 saturated heterocycles. The van der Waals surface area contributed by atoms with Gasteiger partial charge in [-0.2, -0.15) is 0 Å². The van der Waals surface area contributed by atoms with Crippen molar-refractivity contribution in [2.24, 2.45) is 0 Å². The van der Waals surface area contributed by atoms with Crippen LogP contribution in [0.2, 0.25) is 0 Å². The zero-order valence-corrected chi connectivity index (χ0v) is 9.22. The van der Waals surface area contributed by atoms with E-state index in [4.69, 9.17) is 0 Å². The minimum atomic E-state index is 0.264. The molecule has 1 atom stereocenters. The first-order valence-electron chi connectivity index (χ1n) is 5.60. The summed E-state index contributed by atoms with van der Waals surface area (Å²) in [6.45, 7) is 3.02. The molecule has 0 radical (unpaired) electrons. The van der Waals surface area contributed by atoms with Gasteiger partial charge in [-0.25, -0.2) is 0 Å². The van der Waals surface area contributed by atoms with Crippen molar-refractivity contribution in [3.8, 4) is 0 Å². The van der Waals surface area contributed by atoms with E-state index in [0.717, 1.165) is 18.8 Å². The summed E-state index contributed by atoms with van der Waals surface area (Å²) >= 11 is 0. The predicted octanol–water partition coefficient (Wildman–Crippen LogP) is 2.01. The second kappa shape index (κ2) is 3.63. The smallest absolute Gasteiger partial charge is 0.155 e. The predicted molar refractivity (Wildman–Crippen MR) is 62.2 cm³/mol. The lowest BCUT2D eigenvalue weighted by molar-refractivity contribution is 0.642. The van der Waals surface area contributed by atoms with Gasteiger partial charge in [0.1, 0.15) is 6.33 Å². The number of para-hydroxylation sites is 1. The molecule has 0 spiro atoms. The number of aromatic nitrogens is 3. The number of nitrogens with one attached hydrogen (secondary N) is 1. The van der Waals surface area contributed by atoms with Crippen LogP contribution in [0.25, 0.3) is 0 Å². The monoisotopic (exact) mass is 214 g/mol. The Balaban J connectivity index is 1.91. The number of aryl methyl sites for hydroxylation is 1. The molecular formula is C12H14N4. The van der Waals surface area contributed by atoms with E-state index in [1.807, 2.05) is 0 Å². The van der Waals surface area contributed by atoms with E-state index in [9.17, 15) is 0 Å². The summed E-state index contributed by atoms with van der Waals surface area (Å²) in [6, 6.07) is 8.67. The molecule has 4 heteroatoms. The highest BCUT2D eigenvalue weighted by atomic mass is 15.3. The summed E-state index contributed by atoms with van der Waals surface area (Å²) in [4.78, 5) is 0. The molecular weight excluding hydrogens is 200 g/mol. The highest BCUT2D eigenvalue weighted by Crippen LogP contribution is 2.32. The third-order valence-electron chi connectivity index (χ3n) is 3.07. The van der Waals surface area contributed by atoms with Gasteiger partial charge in [-0.05, 0) is 18.6 Å². The Morgan fingerprint density at radius 2 is 2.31 bits per heavy atom. The molecule has 1 N–H and O–H groups in total. The van der Waals surface area contributed by atoms with Crippen LogP contribution in [-0.4, -0.2) is 14.8 Å². The van der Waals surface area contributed by atoms with Crippen LogP contribution in [0.5, 0.6) is 0 Å². The summed E-state index contributed by atoms with van der Waals surface area (Å²) in [7, 11) is 0. The minimum absolute atomic E-state index is 0.264. The van der Waals surface area contributed by atoms with Crippen molar-refractivity contribution < 1.29 is 0 Å². The van der Waals surface area contributed by atoms with Crippen molar-refractivity contribution >= 4 is 5.69 Å². The molecule has 16 heavy (non-hydrogen) atoms. The van der Waals surface area contributed by atoms with E-state index in [2.05, 4.69) is 51.3 Å². The average Bonchev–Trinajstić information content (AvgIpc) is 2.94. The molecule has 82 valence electrons. The number of anilines is 1. The number of fused-ring (bicyclic) bond motifs is 1. The lowest BCUT2D eigenvalue weighted by Gasteiger charge is -2.11. The Hall–Kier alpha value is -1.84. The van der Waals surface area contributed by atoms with Crippen LogP contribution in [-0.2, 0) is 13.0 Å². The summed E-state index contributed by atoms with van der Waals surface area (Å²) in [5.41, 5.74) is 2.58. The topological polar surface area (TPSA) is 42.7 Å². The molecule has 0 amide bonds. The molecule has 3 rings (SSSR count). The number of hydrogen-bond donors (Lipinski definition) is 1. The Morgan fingerprint density at radius 3 is 3.12 bits per heavy atom. The average molecular weight is 214 g/mol. The van der Waals surface area contributed by atoms with Gasteiger partial charge in [0, 0.05) is 18.7 Å². The van der Waals surface area contributed by atoms with Gasteiger partial charge in [0.2, 0.25) is 0 Å². The molecule has 1 aromatic heterocycles. The maximum Gasteiger partial charge on any atom is 0.155 e. The second-order valence-electron chi connectivity index (χ2n) is 4.03. The SMILES string of the molecule is CCn1cnnc1[C@@H]1Cc2ccccc2N1. The Bertz CT molecular complexity index is 478. The highest BCUT2D eigenvalue weighted by Gasteiger charge is 2.25. The third-order valence-corrected chi connectivity index (χ3v) is 3.07. The lowest BCUT2D eigenvalue weighted by atomic mass is 10.1. The fraction of sp³-hybridized carbons (Fsp3) is 0.333. The van der Waals surface area contributed by atoms with Crippen LogP contribution in [0.1, 0.15) is 24.4 Å².